The van der Waals surface area contributed by atoms with Crippen LogP contribution in [0.2, 0.25) is 5.02 Å². The summed E-state index contributed by atoms with van der Waals surface area (Å²) in [4.78, 5) is 35.6. The zero-order chi connectivity index (χ0) is 22.9. The lowest BCUT2D eigenvalue weighted by Crippen LogP contribution is -2.32. The maximum atomic E-state index is 12.7. The Balaban J connectivity index is 1.83. The number of carbonyl (C=O) groups excluding carboxylic acids is 2. The third-order valence-electron chi connectivity index (χ3n) is 4.22. The molecule has 32 heavy (non-hydrogen) atoms. The predicted octanol–water partition coefficient (Wildman–Crippen LogP) is 4.17. The third kappa shape index (κ3) is 6.10. The molecule has 9 heteroatoms. The van der Waals surface area contributed by atoms with E-state index in [0.717, 1.165) is 0 Å². The number of rotatable bonds is 7. The lowest BCUT2D eigenvalue weighted by atomic mass is 10.1. The van der Waals surface area contributed by atoms with E-state index in [1.165, 1.54) is 36.6 Å². The van der Waals surface area contributed by atoms with E-state index in [4.69, 9.17) is 11.6 Å². The first kappa shape index (κ1) is 22.4. The maximum absolute atomic E-state index is 12.7. The predicted molar refractivity (Wildman–Crippen MR) is 122 cm³/mol. The largest absolute Gasteiger partial charge is 0.317 e. The summed E-state index contributed by atoms with van der Waals surface area (Å²) in [5, 5.41) is 17.8. The first-order valence-electron chi connectivity index (χ1n) is 9.34. The number of nitrogens with one attached hydrogen (secondary N) is 2. The molecule has 0 unspecified atom stereocenters. The van der Waals surface area contributed by atoms with Gasteiger partial charge in [0, 0.05) is 28.3 Å². The van der Waals surface area contributed by atoms with E-state index < -0.39 is 16.7 Å². The number of hydrazone groups is 1. The molecule has 8 nitrogen and oxygen atoms in total. The summed E-state index contributed by atoms with van der Waals surface area (Å²) in [5.41, 5.74) is 3.59. The summed E-state index contributed by atoms with van der Waals surface area (Å²) >= 11 is 6.06. The van der Waals surface area contributed by atoms with Crippen LogP contribution >= 0.6 is 11.6 Å². The van der Waals surface area contributed by atoms with Gasteiger partial charge in [0.25, 0.3) is 17.5 Å². The molecule has 3 rings (SSSR count). The number of benzene rings is 3. The van der Waals surface area contributed by atoms with Gasteiger partial charge in [0.05, 0.1) is 11.1 Å². The van der Waals surface area contributed by atoms with Crippen LogP contribution in [0.1, 0.15) is 21.5 Å². The monoisotopic (exact) mass is 448 g/mol. The van der Waals surface area contributed by atoms with E-state index in [-0.39, 0.29) is 11.4 Å². The molecule has 0 radical (unpaired) electrons. The van der Waals surface area contributed by atoms with E-state index in [1.807, 2.05) is 0 Å². The summed E-state index contributed by atoms with van der Waals surface area (Å²) < 4.78 is 0. The molecule has 0 atom stereocenters. The molecule has 2 amide bonds. The Morgan fingerprint density at radius 2 is 1.59 bits per heavy atom. The van der Waals surface area contributed by atoms with Gasteiger partial charge in [0.1, 0.15) is 5.70 Å². The molecule has 0 bridgehead atoms. The van der Waals surface area contributed by atoms with Crippen LogP contribution in [0.5, 0.6) is 0 Å². The Labute approximate surface area is 188 Å². The summed E-state index contributed by atoms with van der Waals surface area (Å²) in [5.74, 6) is -1.18. The quantitative estimate of drug-likeness (QED) is 0.244. The van der Waals surface area contributed by atoms with Gasteiger partial charge in [-0.3, -0.25) is 19.7 Å². The van der Waals surface area contributed by atoms with Crippen LogP contribution in [0.4, 0.5) is 5.69 Å². The molecule has 0 spiro atoms. The van der Waals surface area contributed by atoms with Crippen LogP contribution in [0, 0.1) is 10.1 Å². The van der Waals surface area contributed by atoms with Crippen LogP contribution in [-0.2, 0) is 4.79 Å². The second-order valence-electron chi connectivity index (χ2n) is 6.45. The van der Waals surface area contributed by atoms with Crippen LogP contribution in [0.25, 0.3) is 6.08 Å². The van der Waals surface area contributed by atoms with Crippen molar-refractivity contribution in [1.29, 1.82) is 0 Å². The van der Waals surface area contributed by atoms with Crippen molar-refractivity contribution in [3.05, 3.63) is 116 Å². The molecule has 0 aromatic heterocycles. The lowest BCUT2D eigenvalue weighted by molar-refractivity contribution is -0.384. The van der Waals surface area contributed by atoms with Crippen molar-refractivity contribution < 1.29 is 14.5 Å². The topological polar surface area (TPSA) is 114 Å². The molecule has 2 N–H and O–H groups in total. The van der Waals surface area contributed by atoms with Crippen molar-refractivity contribution in [3.63, 3.8) is 0 Å². The number of nitro benzene ring substituents is 1. The van der Waals surface area contributed by atoms with Crippen molar-refractivity contribution in [1.82, 2.24) is 10.7 Å². The first-order valence-corrected chi connectivity index (χ1v) is 9.72. The smallest absolute Gasteiger partial charge is 0.287 e. The van der Waals surface area contributed by atoms with E-state index in [0.29, 0.717) is 21.7 Å². The van der Waals surface area contributed by atoms with E-state index in [1.54, 1.807) is 54.6 Å². The highest BCUT2D eigenvalue weighted by Crippen LogP contribution is 2.15. The van der Waals surface area contributed by atoms with Crippen molar-refractivity contribution >= 4 is 41.4 Å². The number of non-ortho nitro benzene ring substituents is 1. The maximum Gasteiger partial charge on any atom is 0.287 e. The third-order valence-corrected chi connectivity index (χ3v) is 4.56. The van der Waals surface area contributed by atoms with Gasteiger partial charge in [-0.05, 0) is 42.0 Å². The number of nitrogens with zero attached hydrogens (tertiary/aromatic N) is 2. The second kappa shape index (κ2) is 10.6. The van der Waals surface area contributed by atoms with Gasteiger partial charge in [-0.2, -0.15) is 5.10 Å². The Morgan fingerprint density at radius 1 is 0.938 bits per heavy atom. The number of carbonyl (C=O) groups is 2. The standard InChI is InChI=1S/C23H17ClN4O4/c24-20-9-5-4-8-18(20)15-25-27-23(30)21(26-22(29)17-6-2-1-3-7-17)14-16-10-12-19(13-11-16)28(31)32/h1-15H,(H,26,29)(H,27,30)/b21-14-,25-15+. The summed E-state index contributed by atoms with van der Waals surface area (Å²) in [6.45, 7) is 0. The van der Waals surface area contributed by atoms with Gasteiger partial charge in [-0.25, -0.2) is 5.43 Å². The van der Waals surface area contributed by atoms with Gasteiger partial charge < -0.3 is 5.32 Å². The number of nitro groups is 1. The van der Waals surface area contributed by atoms with E-state index in [2.05, 4.69) is 15.8 Å². The average Bonchev–Trinajstić information content (AvgIpc) is 2.80. The number of hydrogen-bond donors (Lipinski definition) is 2. The summed E-state index contributed by atoms with van der Waals surface area (Å²) in [7, 11) is 0. The normalized spacial score (nSPS) is 11.2. The first-order chi connectivity index (χ1) is 15.4. The van der Waals surface area contributed by atoms with Gasteiger partial charge in [0.15, 0.2) is 0 Å². The number of amides is 2. The molecular formula is C23H17ClN4O4. The SMILES string of the molecule is O=C(N/N=C/c1ccccc1Cl)/C(=C/c1ccc([N+](=O)[O-])cc1)NC(=O)c1ccccc1. The van der Waals surface area contributed by atoms with Crippen LogP contribution < -0.4 is 10.7 Å². The minimum absolute atomic E-state index is 0.0918. The summed E-state index contributed by atoms with van der Waals surface area (Å²) in [6.07, 6.45) is 2.77. The number of hydrogen-bond acceptors (Lipinski definition) is 5. The lowest BCUT2D eigenvalue weighted by Gasteiger charge is -2.09. The molecule has 0 saturated heterocycles. The van der Waals surface area contributed by atoms with Crippen molar-refractivity contribution in [2.24, 2.45) is 5.10 Å². The van der Waals surface area contributed by atoms with Gasteiger partial charge in [-0.15, -0.1) is 0 Å². The highest BCUT2D eigenvalue weighted by atomic mass is 35.5. The summed E-state index contributed by atoms with van der Waals surface area (Å²) in [6, 6.07) is 20.8. The van der Waals surface area contributed by atoms with Crippen molar-refractivity contribution in [2.45, 2.75) is 0 Å². The molecule has 0 heterocycles. The van der Waals surface area contributed by atoms with Crippen molar-refractivity contribution in [3.8, 4) is 0 Å². The average molecular weight is 449 g/mol. The zero-order valence-electron chi connectivity index (χ0n) is 16.6. The fraction of sp³-hybridized carbons (Fsp3) is 0. The fourth-order valence-corrected chi connectivity index (χ4v) is 2.79. The Bertz CT molecular complexity index is 1190. The van der Waals surface area contributed by atoms with Gasteiger partial charge in [-0.1, -0.05) is 48.0 Å². The van der Waals surface area contributed by atoms with Crippen LogP contribution in [0.15, 0.2) is 89.7 Å². The fourth-order valence-electron chi connectivity index (χ4n) is 2.60. The molecule has 0 saturated carbocycles. The van der Waals surface area contributed by atoms with Gasteiger partial charge >= 0.3 is 0 Å². The van der Waals surface area contributed by atoms with E-state index >= 15 is 0 Å². The molecule has 3 aromatic carbocycles. The molecule has 0 aliphatic carbocycles. The molecule has 0 aliphatic rings. The van der Waals surface area contributed by atoms with Crippen molar-refractivity contribution in [2.75, 3.05) is 0 Å². The second-order valence-corrected chi connectivity index (χ2v) is 6.85. The molecule has 0 aliphatic heterocycles. The zero-order valence-corrected chi connectivity index (χ0v) is 17.3. The Kier molecular flexibility index (Phi) is 7.45. The van der Waals surface area contributed by atoms with Crippen LogP contribution in [0.3, 0.4) is 0 Å². The van der Waals surface area contributed by atoms with Gasteiger partial charge in [0.2, 0.25) is 0 Å². The molecular weight excluding hydrogens is 432 g/mol. The van der Waals surface area contributed by atoms with E-state index in [9.17, 15) is 19.7 Å². The minimum Gasteiger partial charge on any atom is -0.317 e. The highest BCUT2D eigenvalue weighted by molar-refractivity contribution is 6.33. The highest BCUT2D eigenvalue weighted by Gasteiger charge is 2.15. The molecule has 160 valence electrons. The van der Waals surface area contributed by atoms with Crippen LogP contribution in [-0.4, -0.2) is 23.0 Å². The molecule has 0 fully saturated rings. The Hall–Kier alpha value is -4.30. The molecule has 3 aromatic rings. The number of halogens is 1. The Morgan fingerprint density at radius 3 is 2.25 bits per heavy atom. The minimum atomic E-state index is -0.684.